The van der Waals surface area contributed by atoms with E-state index in [0.717, 1.165) is 0 Å². The molecule has 0 unspecified atom stereocenters. The molecule has 1 fully saturated rings. The minimum atomic E-state index is -0.383. The summed E-state index contributed by atoms with van der Waals surface area (Å²) in [6, 6.07) is -0.156. The van der Waals surface area contributed by atoms with Gasteiger partial charge in [0.15, 0.2) is 0 Å². The van der Waals surface area contributed by atoms with Crippen LogP contribution in [0.25, 0.3) is 0 Å². The number of nitrogens with zero attached hydrogens (tertiary/aromatic N) is 2. The zero-order valence-corrected chi connectivity index (χ0v) is 9.77. The molecule has 1 heterocycles. The Morgan fingerprint density at radius 3 is 2.56 bits per heavy atom. The van der Waals surface area contributed by atoms with Crippen molar-refractivity contribution in [3.05, 3.63) is 0 Å². The van der Waals surface area contributed by atoms with E-state index in [9.17, 15) is 9.59 Å². The predicted molar refractivity (Wildman–Crippen MR) is 57.1 cm³/mol. The van der Waals surface area contributed by atoms with Crippen molar-refractivity contribution in [3.63, 3.8) is 0 Å². The van der Waals surface area contributed by atoms with Crippen molar-refractivity contribution in [1.29, 1.82) is 0 Å². The molecular formula is C10H18N2O4. The Morgan fingerprint density at radius 2 is 2.00 bits per heavy atom. The predicted octanol–water partition coefficient (Wildman–Crippen LogP) is -0.0665. The molecule has 0 saturated carbocycles. The normalized spacial score (nSPS) is 15.8. The SMILES string of the molecule is CCOC(=O)CN(C)C(=O)N1CCOCC1. The highest BCUT2D eigenvalue weighted by atomic mass is 16.5. The maximum Gasteiger partial charge on any atom is 0.325 e. The largest absolute Gasteiger partial charge is 0.465 e. The quantitative estimate of drug-likeness (QED) is 0.637. The van der Waals surface area contributed by atoms with E-state index in [1.165, 1.54) is 4.90 Å². The molecule has 0 spiro atoms. The number of likely N-dealkylation sites (N-methyl/N-ethyl adjacent to an activating group) is 1. The summed E-state index contributed by atoms with van der Waals surface area (Å²) >= 11 is 0. The first kappa shape index (κ1) is 12.8. The van der Waals surface area contributed by atoms with Gasteiger partial charge in [-0.1, -0.05) is 0 Å². The van der Waals surface area contributed by atoms with Crippen molar-refractivity contribution >= 4 is 12.0 Å². The third kappa shape index (κ3) is 3.69. The van der Waals surface area contributed by atoms with Crippen molar-refractivity contribution in [3.8, 4) is 0 Å². The number of amides is 2. The molecular weight excluding hydrogens is 212 g/mol. The molecule has 0 N–H and O–H groups in total. The van der Waals surface area contributed by atoms with Gasteiger partial charge in [0, 0.05) is 20.1 Å². The average molecular weight is 230 g/mol. The topological polar surface area (TPSA) is 59.1 Å². The fourth-order valence-electron chi connectivity index (χ4n) is 1.46. The summed E-state index contributed by atoms with van der Waals surface area (Å²) in [7, 11) is 1.59. The van der Waals surface area contributed by atoms with Gasteiger partial charge in [-0.05, 0) is 6.92 Å². The lowest BCUT2D eigenvalue weighted by atomic mass is 10.4. The van der Waals surface area contributed by atoms with Gasteiger partial charge in [-0.3, -0.25) is 4.79 Å². The number of ether oxygens (including phenoxy) is 2. The highest BCUT2D eigenvalue weighted by molar-refractivity contribution is 5.80. The standard InChI is InChI=1S/C10H18N2O4/c1-3-16-9(13)8-11(2)10(14)12-4-6-15-7-5-12/h3-8H2,1-2H3. The molecule has 6 heteroatoms. The van der Waals surface area contributed by atoms with E-state index in [-0.39, 0.29) is 18.5 Å². The van der Waals surface area contributed by atoms with E-state index in [1.54, 1.807) is 18.9 Å². The van der Waals surface area contributed by atoms with Gasteiger partial charge in [-0.2, -0.15) is 0 Å². The molecule has 1 aliphatic rings. The molecule has 0 aromatic heterocycles. The zero-order chi connectivity index (χ0) is 12.0. The fourth-order valence-corrected chi connectivity index (χ4v) is 1.46. The average Bonchev–Trinajstić information content (AvgIpc) is 2.29. The first-order valence-corrected chi connectivity index (χ1v) is 5.38. The van der Waals surface area contributed by atoms with E-state index in [0.29, 0.717) is 32.9 Å². The number of carbonyl (C=O) groups is 2. The van der Waals surface area contributed by atoms with Gasteiger partial charge < -0.3 is 19.3 Å². The molecule has 1 rings (SSSR count). The van der Waals surface area contributed by atoms with Gasteiger partial charge in [0.2, 0.25) is 0 Å². The van der Waals surface area contributed by atoms with Crippen LogP contribution < -0.4 is 0 Å². The monoisotopic (exact) mass is 230 g/mol. The Morgan fingerprint density at radius 1 is 1.38 bits per heavy atom. The number of esters is 1. The summed E-state index contributed by atoms with van der Waals surface area (Å²) in [6.45, 7) is 4.32. The summed E-state index contributed by atoms with van der Waals surface area (Å²) in [5.41, 5.74) is 0. The lowest BCUT2D eigenvalue weighted by Crippen LogP contribution is -2.48. The van der Waals surface area contributed by atoms with Crippen molar-refractivity contribution < 1.29 is 19.1 Å². The maximum atomic E-state index is 11.8. The zero-order valence-electron chi connectivity index (χ0n) is 9.77. The molecule has 0 aromatic rings. The summed E-state index contributed by atoms with van der Waals surface area (Å²) in [5.74, 6) is -0.383. The molecule has 2 amide bonds. The Kier molecular flexibility index (Phi) is 5.04. The molecule has 1 saturated heterocycles. The van der Waals surface area contributed by atoms with Gasteiger partial charge in [0.25, 0.3) is 0 Å². The lowest BCUT2D eigenvalue weighted by Gasteiger charge is -2.30. The molecule has 0 aliphatic carbocycles. The highest BCUT2D eigenvalue weighted by Crippen LogP contribution is 2.01. The lowest BCUT2D eigenvalue weighted by molar-refractivity contribution is -0.143. The summed E-state index contributed by atoms with van der Waals surface area (Å²) in [5, 5.41) is 0. The van der Waals surface area contributed by atoms with Gasteiger partial charge in [0.1, 0.15) is 6.54 Å². The number of rotatable bonds is 3. The summed E-state index contributed by atoms with van der Waals surface area (Å²) < 4.78 is 9.92. The minimum absolute atomic E-state index is 0.00989. The molecule has 0 radical (unpaired) electrons. The van der Waals surface area contributed by atoms with Crippen molar-refractivity contribution in [2.24, 2.45) is 0 Å². The number of urea groups is 1. The van der Waals surface area contributed by atoms with Gasteiger partial charge in [0.05, 0.1) is 19.8 Å². The Labute approximate surface area is 95.1 Å². The maximum absolute atomic E-state index is 11.8. The first-order valence-electron chi connectivity index (χ1n) is 5.38. The first-order chi connectivity index (χ1) is 7.65. The van der Waals surface area contributed by atoms with E-state index >= 15 is 0 Å². The van der Waals surface area contributed by atoms with Crippen LogP contribution in [-0.4, -0.2) is 68.3 Å². The molecule has 92 valence electrons. The van der Waals surface area contributed by atoms with E-state index < -0.39 is 0 Å². The Hall–Kier alpha value is -1.30. The summed E-state index contributed by atoms with van der Waals surface area (Å²) in [6.07, 6.45) is 0. The van der Waals surface area contributed by atoms with Gasteiger partial charge >= 0.3 is 12.0 Å². The summed E-state index contributed by atoms with van der Waals surface area (Å²) in [4.78, 5) is 26.0. The number of carbonyl (C=O) groups excluding carboxylic acids is 2. The van der Waals surface area contributed by atoms with Crippen molar-refractivity contribution in [1.82, 2.24) is 9.80 Å². The molecule has 16 heavy (non-hydrogen) atoms. The van der Waals surface area contributed by atoms with Crippen LogP contribution in [0.15, 0.2) is 0 Å². The smallest absolute Gasteiger partial charge is 0.325 e. The third-order valence-corrected chi connectivity index (χ3v) is 2.28. The van der Waals surface area contributed by atoms with Crippen LogP contribution in [0, 0.1) is 0 Å². The second kappa shape index (κ2) is 6.32. The third-order valence-electron chi connectivity index (χ3n) is 2.28. The van der Waals surface area contributed by atoms with Crippen LogP contribution >= 0.6 is 0 Å². The second-order valence-corrected chi connectivity index (χ2v) is 3.54. The van der Waals surface area contributed by atoms with Crippen molar-refractivity contribution in [2.45, 2.75) is 6.92 Å². The molecule has 0 atom stereocenters. The van der Waals surface area contributed by atoms with E-state index in [4.69, 9.17) is 9.47 Å². The molecule has 1 aliphatic heterocycles. The number of hydrogen-bond acceptors (Lipinski definition) is 4. The number of hydrogen-bond donors (Lipinski definition) is 0. The fraction of sp³-hybridized carbons (Fsp3) is 0.800. The van der Waals surface area contributed by atoms with E-state index in [1.807, 2.05) is 0 Å². The minimum Gasteiger partial charge on any atom is -0.465 e. The Balaban J connectivity index is 2.37. The highest BCUT2D eigenvalue weighted by Gasteiger charge is 2.21. The van der Waals surface area contributed by atoms with Crippen LogP contribution in [-0.2, 0) is 14.3 Å². The second-order valence-electron chi connectivity index (χ2n) is 3.54. The van der Waals surface area contributed by atoms with Crippen LogP contribution in [0.2, 0.25) is 0 Å². The van der Waals surface area contributed by atoms with Gasteiger partial charge in [-0.15, -0.1) is 0 Å². The molecule has 6 nitrogen and oxygen atoms in total. The van der Waals surface area contributed by atoms with Crippen LogP contribution in [0.3, 0.4) is 0 Å². The van der Waals surface area contributed by atoms with E-state index in [2.05, 4.69) is 0 Å². The Bertz CT molecular complexity index is 251. The van der Waals surface area contributed by atoms with Crippen LogP contribution in [0.1, 0.15) is 6.92 Å². The van der Waals surface area contributed by atoms with Crippen LogP contribution in [0.5, 0.6) is 0 Å². The number of morpholine rings is 1. The van der Waals surface area contributed by atoms with Crippen molar-refractivity contribution in [2.75, 3.05) is 46.5 Å². The van der Waals surface area contributed by atoms with Gasteiger partial charge in [-0.25, -0.2) is 4.79 Å². The van der Waals surface area contributed by atoms with Crippen LogP contribution in [0.4, 0.5) is 4.79 Å². The molecule has 0 bridgehead atoms. The molecule has 0 aromatic carbocycles.